The summed E-state index contributed by atoms with van der Waals surface area (Å²) in [4.78, 5) is 36.7. The topological polar surface area (TPSA) is 93.1 Å². The number of nitrogens with one attached hydrogen (secondary N) is 2. The zero-order valence-electron chi connectivity index (χ0n) is 15.0. The molecular formula is C20H17ClN4O3. The van der Waals surface area contributed by atoms with Gasteiger partial charge in [0.2, 0.25) is 5.91 Å². The van der Waals surface area contributed by atoms with Crippen molar-refractivity contribution in [3.8, 4) is 0 Å². The lowest BCUT2D eigenvalue weighted by Gasteiger charge is -2.10. The fourth-order valence-corrected chi connectivity index (χ4v) is 2.63. The average molecular weight is 397 g/mol. The van der Waals surface area contributed by atoms with Crippen LogP contribution in [0.15, 0.2) is 65.5 Å². The van der Waals surface area contributed by atoms with Gasteiger partial charge in [-0.05, 0) is 42.8 Å². The number of aryl methyl sites for hydroxylation is 1. The molecule has 28 heavy (non-hydrogen) atoms. The third-order valence-electron chi connectivity index (χ3n) is 3.90. The first-order chi connectivity index (χ1) is 13.4. The van der Waals surface area contributed by atoms with E-state index in [0.717, 1.165) is 10.2 Å². The first-order valence-electron chi connectivity index (χ1n) is 8.43. The fraction of sp³-hybridized carbons (Fsp3) is 0.100. The predicted octanol–water partition coefficient (Wildman–Crippen LogP) is 3.10. The molecule has 8 heteroatoms. The molecule has 7 nitrogen and oxygen atoms in total. The van der Waals surface area contributed by atoms with E-state index in [0.29, 0.717) is 16.4 Å². The summed E-state index contributed by atoms with van der Waals surface area (Å²) in [5.74, 6) is -0.938. The van der Waals surface area contributed by atoms with Gasteiger partial charge in [0.05, 0.1) is 0 Å². The molecule has 3 rings (SSSR count). The standard InChI is InChI=1S/C20H17ClN4O3/c1-13-7-8-14(21)11-17(13)23-18(26)12-25-19(27)10-9-16(24-25)20(28)22-15-5-3-2-4-6-15/h2-11H,12H2,1H3,(H,22,28)(H,23,26). The molecule has 0 radical (unpaired) electrons. The van der Waals surface area contributed by atoms with Gasteiger partial charge in [-0.2, -0.15) is 5.10 Å². The van der Waals surface area contributed by atoms with E-state index in [1.807, 2.05) is 13.0 Å². The highest BCUT2D eigenvalue weighted by Crippen LogP contribution is 2.20. The largest absolute Gasteiger partial charge is 0.324 e. The molecule has 0 aliphatic rings. The number of benzene rings is 2. The van der Waals surface area contributed by atoms with Gasteiger partial charge in [-0.25, -0.2) is 4.68 Å². The van der Waals surface area contributed by atoms with Crippen molar-refractivity contribution in [2.75, 3.05) is 10.6 Å². The van der Waals surface area contributed by atoms with Gasteiger partial charge in [0.1, 0.15) is 12.2 Å². The molecule has 2 amide bonds. The molecule has 0 spiro atoms. The van der Waals surface area contributed by atoms with E-state index in [2.05, 4.69) is 15.7 Å². The van der Waals surface area contributed by atoms with Crippen molar-refractivity contribution < 1.29 is 9.59 Å². The summed E-state index contributed by atoms with van der Waals surface area (Å²) in [5, 5.41) is 9.85. The van der Waals surface area contributed by atoms with Crippen molar-refractivity contribution in [1.29, 1.82) is 0 Å². The zero-order chi connectivity index (χ0) is 20.1. The number of hydrogen-bond acceptors (Lipinski definition) is 4. The summed E-state index contributed by atoms with van der Waals surface area (Å²) < 4.78 is 0.940. The Morgan fingerprint density at radius 2 is 1.79 bits per heavy atom. The van der Waals surface area contributed by atoms with Gasteiger partial charge >= 0.3 is 0 Å². The van der Waals surface area contributed by atoms with Crippen molar-refractivity contribution in [2.24, 2.45) is 0 Å². The average Bonchev–Trinajstić information content (AvgIpc) is 2.67. The quantitative estimate of drug-likeness (QED) is 0.693. The van der Waals surface area contributed by atoms with Crippen molar-refractivity contribution >= 4 is 34.8 Å². The molecule has 0 bridgehead atoms. The monoisotopic (exact) mass is 396 g/mol. The van der Waals surface area contributed by atoms with Crippen molar-refractivity contribution in [2.45, 2.75) is 13.5 Å². The number of aromatic nitrogens is 2. The van der Waals surface area contributed by atoms with E-state index in [-0.39, 0.29) is 12.2 Å². The van der Waals surface area contributed by atoms with E-state index in [1.54, 1.807) is 42.5 Å². The van der Waals surface area contributed by atoms with Crippen molar-refractivity contribution in [3.63, 3.8) is 0 Å². The maximum Gasteiger partial charge on any atom is 0.276 e. The number of para-hydroxylation sites is 1. The Morgan fingerprint density at radius 3 is 2.54 bits per heavy atom. The minimum Gasteiger partial charge on any atom is -0.324 e. The molecule has 2 aromatic carbocycles. The van der Waals surface area contributed by atoms with Gasteiger partial charge < -0.3 is 10.6 Å². The van der Waals surface area contributed by atoms with Crippen LogP contribution in [0.4, 0.5) is 11.4 Å². The number of halogens is 1. The second kappa shape index (κ2) is 8.49. The Balaban J connectivity index is 1.74. The summed E-state index contributed by atoms with van der Waals surface area (Å²) in [5.41, 5.74) is 1.50. The van der Waals surface area contributed by atoms with Gasteiger partial charge in [0.15, 0.2) is 0 Å². The van der Waals surface area contributed by atoms with Crippen LogP contribution in [0.5, 0.6) is 0 Å². The van der Waals surface area contributed by atoms with E-state index in [4.69, 9.17) is 11.6 Å². The highest BCUT2D eigenvalue weighted by atomic mass is 35.5. The molecule has 0 aliphatic heterocycles. The molecule has 0 saturated carbocycles. The summed E-state index contributed by atoms with van der Waals surface area (Å²) in [6.45, 7) is 1.49. The number of anilines is 2. The van der Waals surface area contributed by atoms with Crippen molar-refractivity contribution in [3.05, 3.63) is 87.3 Å². The summed E-state index contributed by atoms with van der Waals surface area (Å²) >= 11 is 5.94. The lowest BCUT2D eigenvalue weighted by atomic mass is 10.2. The number of rotatable bonds is 5. The van der Waals surface area contributed by atoms with Crippen LogP contribution in [0.2, 0.25) is 5.02 Å². The molecular weight excluding hydrogens is 380 g/mol. The van der Waals surface area contributed by atoms with E-state index in [1.165, 1.54) is 12.1 Å². The van der Waals surface area contributed by atoms with Crippen LogP contribution in [0.25, 0.3) is 0 Å². The molecule has 3 aromatic rings. The summed E-state index contributed by atoms with van der Waals surface area (Å²) in [6, 6.07) is 16.5. The zero-order valence-corrected chi connectivity index (χ0v) is 15.7. The first-order valence-corrected chi connectivity index (χ1v) is 8.81. The van der Waals surface area contributed by atoms with Crippen molar-refractivity contribution in [1.82, 2.24) is 9.78 Å². The number of nitrogens with zero attached hydrogens (tertiary/aromatic N) is 2. The first kappa shape index (κ1) is 19.3. The molecule has 142 valence electrons. The Bertz CT molecular complexity index is 1080. The van der Waals surface area contributed by atoms with Crippen LogP contribution in [0.3, 0.4) is 0 Å². The van der Waals surface area contributed by atoms with E-state index < -0.39 is 17.4 Å². The molecule has 0 saturated heterocycles. The summed E-state index contributed by atoms with van der Waals surface area (Å²) in [7, 11) is 0. The molecule has 0 unspecified atom stereocenters. The molecule has 1 aromatic heterocycles. The minimum absolute atomic E-state index is 0.0233. The molecule has 0 aliphatic carbocycles. The van der Waals surface area contributed by atoms with Gasteiger partial charge in [-0.1, -0.05) is 35.9 Å². The number of carbonyl (C=O) groups excluding carboxylic acids is 2. The highest BCUT2D eigenvalue weighted by molar-refractivity contribution is 6.31. The molecule has 0 fully saturated rings. The number of hydrogen-bond donors (Lipinski definition) is 2. The second-order valence-corrected chi connectivity index (χ2v) is 6.48. The molecule has 2 N–H and O–H groups in total. The van der Waals surface area contributed by atoms with Crippen LogP contribution in [-0.2, 0) is 11.3 Å². The third kappa shape index (κ3) is 4.83. The lowest BCUT2D eigenvalue weighted by molar-refractivity contribution is -0.117. The lowest BCUT2D eigenvalue weighted by Crippen LogP contribution is -2.31. The van der Waals surface area contributed by atoms with Gasteiger partial charge in [0, 0.05) is 22.5 Å². The van der Waals surface area contributed by atoms with Gasteiger partial charge in [-0.15, -0.1) is 0 Å². The number of carbonyl (C=O) groups is 2. The molecule has 0 atom stereocenters. The van der Waals surface area contributed by atoms with Gasteiger partial charge in [-0.3, -0.25) is 14.4 Å². The van der Waals surface area contributed by atoms with E-state index >= 15 is 0 Å². The van der Waals surface area contributed by atoms with Crippen LogP contribution in [-0.4, -0.2) is 21.6 Å². The normalized spacial score (nSPS) is 10.4. The number of amides is 2. The van der Waals surface area contributed by atoms with Crippen LogP contribution < -0.4 is 16.2 Å². The molecule has 1 heterocycles. The maximum atomic E-state index is 12.3. The Kier molecular flexibility index (Phi) is 5.86. The van der Waals surface area contributed by atoms with Crippen LogP contribution in [0.1, 0.15) is 16.1 Å². The fourth-order valence-electron chi connectivity index (χ4n) is 2.45. The Hall–Kier alpha value is -3.45. The SMILES string of the molecule is Cc1ccc(Cl)cc1NC(=O)Cn1nc(C(=O)Nc2ccccc2)ccc1=O. The summed E-state index contributed by atoms with van der Waals surface area (Å²) in [6.07, 6.45) is 0. The Morgan fingerprint density at radius 1 is 1.04 bits per heavy atom. The Labute approximate surface area is 166 Å². The third-order valence-corrected chi connectivity index (χ3v) is 4.13. The van der Waals surface area contributed by atoms with E-state index in [9.17, 15) is 14.4 Å². The van der Waals surface area contributed by atoms with Crippen LogP contribution in [0, 0.1) is 6.92 Å². The highest BCUT2D eigenvalue weighted by Gasteiger charge is 2.13. The predicted molar refractivity (Wildman–Crippen MR) is 108 cm³/mol. The van der Waals surface area contributed by atoms with Crippen LogP contribution >= 0.6 is 11.6 Å². The smallest absolute Gasteiger partial charge is 0.276 e. The second-order valence-electron chi connectivity index (χ2n) is 6.04. The maximum absolute atomic E-state index is 12.3. The minimum atomic E-state index is -0.491. The van der Waals surface area contributed by atoms with Gasteiger partial charge in [0.25, 0.3) is 11.5 Å².